The lowest BCUT2D eigenvalue weighted by Gasteiger charge is -2.20. The first-order chi connectivity index (χ1) is 9.20. The van der Waals surface area contributed by atoms with Crippen molar-refractivity contribution < 1.29 is 22.4 Å². The summed E-state index contributed by atoms with van der Waals surface area (Å²) in [4.78, 5) is 11.5. The molecule has 0 aliphatic rings. The maximum Gasteiger partial charge on any atom is 0.405 e. The van der Waals surface area contributed by atoms with E-state index in [0.717, 1.165) is 0 Å². The van der Waals surface area contributed by atoms with E-state index < -0.39 is 36.5 Å². The normalized spacial score (nSPS) is 14.7. The van der Waals surface area contributed by atoms with Crippen LogP contribution in [0.15, 0.2) is 24.3 Å². The summed E-state index contributed by atoms with van der Waals surface area (Å²) in [5, 5.41) is 4.53. The molecule has 0 heterocycles. The van der Waals surface area contributed by atoms with E-state index in [1.54, 1.807) is 24.4 Å². The maximum absolute atomic E-state index is 13.5. The predicted molar refractivity (Wildman–Crippen MR) is 66.5 cm³/mol. The van der Waals surface area contributed by atoms with Gasteiger partial charge >= 0.3 is 6.18 Å². The second-order valence-corrected chi connectivity index (χ2v) is 4.46. The molecule has 1 aromatic rings. The van der Waals surface area contributed by atoms with Crippen LogP contribution in [0.2, 0.25) is 0 Å². The van der Waals surface area contributed by atoms with E-state index in [0.29, 0.717) is 5.56 Å². The van der Waals surface area contributed by atoms with Crippen molar-refractivity contribution in [2.45, 2.75) is 32.1 Å². The first kappa shape index (κ1) is 16.4. The third-order valence-electron chi connectivity index (χ3n) is 2.73. The van der Waals surface area contributed by atoms with Crippen molar-refractivity contribution in [1.29, 1.82) is 0 Å². The molecule has 0 bridgehead atoms. The van der Waals surface area contributed by atoms with Crippen LogP contribution in [0.25, 0.3) is 0 Å². The van der Waals surface area contributed by atoms with Crippen LogP contribution >= 0.6 is 0 Å². The molecule has 1 aromatic carbocycles. The summed E-state index contributed by atoms with van der Waals surface area (Å²) in [5.74, 6) is -1.22. The zero-order valence-electron chi connectivity index (χ0n) is 11.1. The summed E-state index contributed by atoms with van der Waals surface area (Å²) in [6.07, 6.45) is -4.45. The standard InChI is InChI=1S/C13H16F4N2O/c1-8(10-5-3-4-6-11(10)14)19-9(2)12(20)18-7-13(15,16)17/h3-6,8-9,19H,7H2,1-2H3,(H,18,20). The molecule has 2 atom stereocenters. The lowest BCUT2D eigenvalue weighted by atomic mass is 10.1. The van der Waals surface area contributed by atoms with Crippen LogP contribution in [-0.4, -0.2) is 24.7 Å². The molecule has 0 spiro atoms. The highest BCUT2D eigenvalue weighted by Gasteiger charge is 2.29. The molecule has 20 heavy (non-hydrogen) atoms. The number of rotatable bonds is 5. The van der Waals surface area contributed by atoms with E-state index in [9.17, 15) is 22.4 Å². The van der Waals surface area contributed by atoms with Crippen LogP contribution in [0.4, 0.5) is 17.6 Å². The second-order valence-electron chi connectivity index (χ2n) is 4.46. The Hall–Kier alpha value is -1.63. The zero-order chi connectivity index (χ0) is 15.3. The average Bonchev–Trinajstić information content (AvgIpc) is 2.35. The molecular weight excluding hydrogens is 276 g/mol. The van der Waals surface area contributed by atoms with Gasteiger partial charge in [0.05, 0.1) is 6.04 Å². The molecule has 0 radical (unpaired) electrons. The SMILES string of the molecule is CC(NC(C)c1ccccc1F)C(=O)NCC(F)(F)F. The fourth-order valence-electron chi connectivity index (χ4n) is 1.71. The summed E-state index contributed by atoms with van der Waals surface area (Å²) in [7, 11) is 0. The van der Waals surface area contributed by atoms with Gasteiger partial charge in [0.2, 0.25) is 5.91 Å². The maximum atomic E-state index is 13.5. The number of carbonyl (C=O) groups is 1. The Balaban J connectivity index is 2.55. The number of benzene rings is 1. The van der Waals surface area contributed by atoms with Crippen LogP contribution in [-0.2, 0) is 4.79 Å². The number of carbonyl (C=O) groups excluding carboxylic acids is 1. The van der Waals surface area contributed by atoms with Gasteiger partial charge in [-0.1, -0.05) is 18.2 Å². The van der Waals surface area contributed by atoms with Crippen LogP contribution in [0.1, 0.15) is 25.5 Å². The van der Waals surface area contributed by atoms with E-state index in [1.165, 1.54) is 19.1 Å². The van der Waals surface area contributed by atoms with Crippen molar-refractivity contribution in [2.24, 2.45) is 0 Å². The van der Waals surface area contributed by atoms with Crippen molar-refractivity contribution in [3.05, 3.63) is 35.6 Å². The number of halogens is 4. The third-order valence-corrected chi connectivity index (χ3v) is 2.73. The summed E-state index contributed by atoms with van der Waals surface area (Å²) in [5.41, 5.74) is 0.350. The fourth-order valence-corrected chi connectivity index (χ4v) is 1.71. The Morgan fingerprint density at radius 3 is 2.40 bits per heavy atom. The van der Waals surface area contributed by atoms with Gasteiger partial charge in [-0.3, -0.25) is 10.1 Å². The quantitative estimate of drug-likeness (QED) is 0.819. The lowest BCUT2D eigenvalue weighted by molar-refractivity contribution is -0.139. The highest BCUT2D eigenvalue weighted by molar-refractivity contribution is 5.81. The molecule has 2 unspecified atom stereocenters. The monoisotopic (exact) mass is 292 g/mol. The summed E-state index contributed by atoms with van der Waals surface area (Å²) < 4.78 is 49.4. The van der Waals surface area contributed by atoms with Crippen molar-refractivity contribution in [2.75, 3.05) is 6.54 Å². The lowest BCUT2D eigenvalue weighted by Crippen LogP contribution is -2.46. The van der Waals surface area contributed by atoms with Gasteiger partial charge in [-0.2, -0.15) is 13.2 Å². The molecule has 0 aliphatic heterocycles. The minimum absolute atomic E-state index is 0.350. The molecule has 0 saturated heterocycles. The largest absolute Gasteiger partial charge is 0.405 e. The summed E-state index contributed by atoms with van der Waals surface area (Å²) in [6, 6.07) is 4.64. The minimum Gasteiger partial charge on any atom is -0.346 e. The predicted octanol–water partition coefficient (Wildman–Crippen LogP) is 2.54. The van der Waals surface area contributed by atoms with E-state index >= 15 is 0 Å². The summed E-state index contributed by atoms with van der Waals surface area (Å²) >= 11 is 0. The van der Waals surface area contributed by atoms with Gasteiger partial charge in [0.15, 0.2) is 0 Å². The van der Waals surface area contributed by atoms with E-state index in [4.69, 9.17) is 0 Å². The van der Waals surface area contributed by atoms with Crippen molar-refractivity contribution in [1.82, 2.24) is 10.6 Å². The molecular formula is C13H16F4N2O. The molecule has 7 heteroatoms. The van der Waals surface area contributed by atoms with Gasteiger partial charge in [-0.05, 0) is 19.9 Å². The molecule has 0 saturated carbocycles. The molecule has 112 valence electrons. The Morgan fingerprint density at radius 1 is 1.25 bits per heavy atom. The molecule has 1 rings (SSSR count). The number of alkyl halides is 3. The zero-order valence-corrected chi connectivity index (χ0v) is 11.1. The molecule has 3 nitrogen and oxygen atoms in total. The Kier molecular flexibility index (Phi) is 5.50. The van der Waals surface area contributed by atoms with Crippen molar-refractivity contribution in [3.8, 4) is 0 Å². The van der Waals surface area contributed by atoms with E-state index in [1.807, 2.05) is 0 Å². The van der Waals surface area contributed by atoms with Gasteiger partial charge in [0.25, 0.3) is 0 Å². The highest BCUT2D eigenvalue weighted by atomic mass is 19.4. The van der Waals surface area contributed by atoms with Gasteiger partial charge in [0, 0.05) is 11.6 Å². The van der Waals surface area contributed by atoms with Crippen LogP contribution in [0, 0.1) is 5.82 Å². The topological polar surface area (TPSA) is 41.1 Å². The molecule has 0 fully saturated rings. The van der Waals surface area contributed by atoms with Gasteiger partial charge in [-0.15, -0.1) is 0 Å². The number of nitrogens with one attached hydrogen (secondary N) is 2. The van der Waals surface area contributed by atoms with Gasteiger partial charge in [0.1, 0.15) is 12.4 Å². The number of amides is 1. The number of hydrogen-bond donors (Lipinski definition) is 2. The van der Waals surface area contributed by atoms with Gasteiger partial charge < -0.3 is 5.32 Å². The molecule has 0 aliphatic carbocycles. The van der Waals surface area contributed by atoms with Crippen LogP contribution < -0.4 is 10.6 Å². The van der Waals surface area contributed by atoms with E-state index in [-0.39, 0.29) is 0 Å². The van der Waals surface area contributed by atoms with Crippen LogP contribution in [0.3, 0.4) is 0 Å². The van der Waals surface area contributed by atoms with Crippen molar-refractivity contribution in [3.63, 3.8) is 0 Å². The Morgan fingerprint density at radius 2 is 1.85 bits per heavy atom. The number of hydrogen-bond acceptors (Lipinski definition) is 2. The molecule has 1 amide bonds. The third kappa shape index (κ3) is 5.16. The highest BCUT2D eigenvalue weighted by Crippen LogP contribution is 2.17. The van der Waals surface area contributed by atoms with E-state index in [2.05, 4.69) is 5.32 Å². The minimum atomic E-state index is -4.45. The Bertz CT molecular complexity index is 462. The Labute approximate surface area is 114 Å². The van der Waals surface area contributed by atoms with Crippen molar-refractivity contribution >= 4 is 5.91 Å². The first-order valence-corrected chi connectivity index (χ1v) is 6.05. The average molecular weight is 292 g/mol. The molecule has 2 N–H and O–H groups in total. The molecule has 0 aromatic heterocycles. The summed E-state index contributed by atoms with van der Waals surface area (Å²) in [6.45, 7) is 1.67. The smallest absolute Gasteiger partial charge is 0.346 e. The van der Waals surface area contributed by atoms with Gasteiger partial charge in [-0.25, -0.2) is 4.39 Å². The first-order valence-electron chi connectivity index (χ1n) is 6.05. The fraction of sp³-hybridized carbons (Fsp3) is 0.462. The second kappa shape index (κ2) is 6.69. The van der Waals surface area contributed by atoms with Crippen LogP contribution in [0.5, 0.6) is 0 Å².